The topological polar surface area (TPSA) is 42.4 Å². The van der Waals surface area contributed by atoms with Crippen LogP contribution in [0.4, 0.5) is 4.39 Å². The van der Waals surface area contributed by atoms with Crippen molar-refractivity contribution < 1.29 is 13.9 Å². The number of hydrogen-bond donors (Lipinski definition) is 0. The van der Waals surface area contributed by atoms with Gasteiger partial charge in [0.2, 0.25) is 0 Å². The molecule has 0 N–H and O–H groups in total. The molecule has 138 valence electrons. The first-order valence-corrected chi connectivity index (χ1v) is 8.69. The number of amides is 1. The van der Waals surface area contributed by atoms with E-state index in [4.69, 9.17) is 4.74 Å². The van der Waals surface area contributed by atoms with Crippen molar-refractivity contribution in [2.75, 3.05) is 7.05 Å². The number of nitrogens with zero attached hydrogens (tertiary/aromatic N) is 2. The van der Waals surface area contributed by atoms with E-state index >= 15 is 0 Å². The van der Waals surface area contributed by atoms with Gasteiger partial charge in [0, 0.05) is 30.6 Å². The van der Waals surface area contributed by atoms with Gasteiger partial charge in [-0.15, -0.1) is 0 Å². The normalized spacial score (nSPS) is 11.7. The molecule has 0 radical (unpaired) electrons. The first-order valence-electron chi connectivity index (χ1n) is 8.69. The Bertz CT molecular complexity index is 898. The quantitative estimate of drug-likeness (QED) is 0.640. The van der Waals surface area contributed by atoms with Gasteiger partial charge in [-0.25, -0.2) is 4.39 Å². The van der Waals surface area contributed by atoms with Crippen LogP contribution in [-0.4, -0.2) is 22.8 Å². The summed E-state index contributed by atoms with van der Waals surface area (Å²) in [5, 5.41) is 0. The molecule has 3 rings (SSSR count). The fourth-order valence-corrected chi connectivity index (χ4v) is 2.71. The van der Waals surface area contributed by atoms with E-state index in [-0.39, 0.29) is 17.8 Å². The number of carbonyl (C=O) groups is 1. The van der Waals surface area contributed by atoms with E-state index in [0.29, 0.717) is 17.9 Å². The Hall–Kier alpha value is -3.21. The number of halogens is 1. The Morgan fingerprint density at radius 2 is 1.93 bits per heavy atom. The van der Waals surface area contributed by atoms with Crippen LogP contribution in [0.2, 0.25) is 0 Å². The van der Waals surface area contributed by atoms with Gasteiger partial charge in [0.1, 0.15) is 18.2 Å². The molecular weight excluding hydrogens is 343 g/mol. The molecule has 1 atom stereocenters. The number of ether oxygens (including phenoxy) is 1. The van der Waals surface area contributed by atoms with Gasteiger partial charge < -0.3 is 9.64 Å². The zero-order valence-corrected chi connectivity index (χ0v) is 15.3. The minimum absolute atomic E-state index is 0.126. The van der Waals surface area contributed by atoms with E-state index in [0.717, 1.165) is 11.1 Å². The summed E-state index contributed by atoms with van der Waals surface area (Å²) in [6.07, 6.45) is 3.45. The molecular formula is C22H21FN2O2. The molecule has 5 heteroatoms. The smallest absolute Gasteiger partial charge is 0.254 e. The maximum Gasteiger partial charge on any atom is 0.254 e. The zero-order chi connectivity index (χ0) is 19.2. The van der Waals surface area contributed by atoms with Crippen molar-refractivity contribution in [3.63, 3.8) is 0 Å². The molecule has 0 bridgehead atoms. The number of benzene rings is 2. The fourth-order valence-electron chi connectivity index (χ4n) is 2.71. The van der Waals surface area contributed by atoms with E-state index < -0.39 is 0 Å². The summed E-state index contributed by atoms with van der Waals surface area (Å²) in [6, 6.07) is 16.9. The van der Waals surface area contributed by atoms with Crippen LogP contribution >= 0.6 is 0 Å². The largest absolute Gasteiger partial charge is 0.489 e. The molecule has 4 nitrogen and oxygen atoms in total. The minimum Gasteiger partial charge on any atom is -0.489 e. The van der Waals surface area contributed by atoms with Crippen molar-refractivity contribution in [2.45, 2.75) is 19.6 Å². The predicted molar refractivity (Wildman–Crippen MR) is 102 cm³/mol. The molecule has 0 aliphatic carbocycles. The van der Waals surface area contributed by atoms with E-state index in [1.807, 2.05) is 25.1 Å². The Morgan fingerprint density at radius 1 is 1.15 bits per heavy atom. The third kappa shape index (κ3) is 4.70. The molecule has 1 unspecified atom stereocenters. The zero-order valence-electron chi connectivity index (χ0n) is 15.3. The molecule has 1 aromatic heterocycles. The molecule has 3 aromatic rings. The van der Waals surface area contributed by atoms with Gasteiger partial charge in [-0.1, -0.05) is 24.3 Å². The predicted octanol–water partition coefficient (Wildman–Crippen LogP) is 4.63. The first kappa shape index (κ1) is 18.6. The van der Waals surface area contributed by atoms with Crippen molar-refractivity contribution in [2.24, 2.45) is 0 Å². The molecule has 2 aromatic carbocycles. The van der Waals surface area contributed by atoms with Gasteiger partial charge in [0.15, 0.2) is 0 Å². The van der Waals surface area contributed by atoms with Crippen LogP contribution in [0.5, 0.6) is 5.75 Å². The van der Waals surface area contributed by atoms with Gasteiger partial charge >= 0.3 is 0 Å². The SMILES string of the molecule is CC(c1ccc(F)cc1)N(C)C(=O)c1cccc(OCc2cccnc2)c1. The molecule has 0 aliphatic rings. The lowest BCUT2D eigenvalue weighted by atomic mass is 10.1. The average molecular weight is 364 g/mol. The second-order valence-corrected chi connectivity index (χ2v) is 6.32. The summed E-state index contributed by atoms with van der Waals surface area (Å²) in [4.78, 5) is 18.5. The van der Waals surface area contributed by atoms with Crippen molar-refractivity contribution in [1.82, 2.24) is 9.88 Å². The fraction of sp³-hybridized carbons (Fsp3) is 0.182. The lowest BCUT2D eigenvalue weighted by Crippen LogP contribution is -2.29. The average Bonchev–Trinajstić information content (AvgIpc) is 2.72. The van der Waals surface area contributed by atoms with Crippen LogP contribution in [0.3, 0.4) is 0 Å². The van der Waals surface area contributed by atoms with E-state index in [1.54, 1.807) is 54.7 Å². The maximum absolute atomic E-state index is 13.1. The highest BCUT2D eigenvalue weighted by Gasteiger charge is 2.19. The van der Waals surface area contributed by atoms with Crippen molar-refractivity contribution >= 4 is 5.91 Å². The minimum atomic E-state index is -0.293. The highest BCUT2D eigenvalue weighted by atomic mass is 19.1. The van der Waals surface area contributed by atoms with Crippen LogP contribution < -0.4 is 4.74 Å². The van der Waals surface area contributed by atoms with Crippen LogP contribution in [0.1, 0.15) is 34.5 Å². The Kier molecular flexibility index (Phi) is 5.81. The van der Waals surface area contributed by atoms with Gasteiger partial charge in [-0.05, 0) is 48.9 Å². The highest BCUT2D eigenvalue weighted by Crippen LogP contribution is 2.23. The highest BCUT2D eigenvalue weighted by molar-refractivity contribution is 5.94. The molecule has 0 spiro atoms. The van der Waals surface area contributed by atoms with Crippen molar-refractivity contribution in [3.05, 3.63) is 95.6 Å². The van der Waals surface area contributed by atoms with Crippen molar-refractivity contribution in [3.8, 4) is 5.75 Å². The van der Waals surface area contributed by atoms with Crippen molar-refractivity contribution in [1.29, 1.82) is 0 Å². The standard InChI is InChI=1S/C22H21FN2O2/c1-16(18-8-10-20(23)11-9-18)25(2)22(26)19-6-3-7-21(13-19)27-15-17-5-4-12-24-14-17/h3-14,16H,15H2,1-2H3. The first-order chi connectivity index (χ1) is 13.0. The van der Waals surface area contributed by atoms with E-state index in [2.05, 4.69) is 4.98 Å². The number of aromatic nitrogens is 1. The Morgan fingerprint density at radius 3 is 2.63 bits per heavy atom. The monoisotopic (exact) mass is 364 g/mol. The van der Waals surface area contributed by atoms with Crippen LogP contribution in [0.15, 0.2) is 73.1 Å². The van der Waals surface area contributed by atoms with E-state index in [9.17, 15) is 9.18 Å². The maximum atomic E-state index is 13.1. The Balaban J connectivity index is 1.69. The number of hydrogen-bond acceptors (Lipinski definition) is 3. The number of rotatable bonds is 6. The van der Waals surface area contributed by atoms with Crippen LogP contribution in [0, 0.1) is 5.82 Å². The number of pyridine rings is 1. The third-order valence-electron chi connectivity index (χ3n) is 4.46. The lowest BCUT2D eigenvalue weighted by molar-refractivity contribution is 0.0742. The lowest BCUT2D eigenvalue weighted by Gasteiger charge is -2.25. The molecule has 0 saturated carbocycles. The van der Waals surface area contributed by atoms with Gasteiger partial charge in [0.25, 0.3) is 5.91 Å². The molecule has 0 aliphatic heterocycles. The summed E-state index contributed by atoms with van der Waals surface area (Å²) >= 11 is 0. The van der Waals surface area contributed by atoms with Gasteiger partial charge in [-0.3, -0.25) is 9.78 Å². The molecule has 0 saturated heterocycles. The molecule has 27 heavy (non-hydrogen) atoms. The van der Waals surface area contributed by atoms with Gasteiger partial charge in [0.05, 0.1) is 6.04 Å². The molecule has 0 fully saturated rings. The third-order valence-corrected chi connectivity index (χ3v) is 4.46. The summed E-state index contributed by atoms with van der Waals surface area (Å²) in [7, 11) is 1.74. The van der Waals surface area contributed by atoms with Crippen LogP contribution in [-0.2, 0) is 6.61 Å². The second-order valence-electron chi connectivity index (χ2n) is 6.32. The molecule has 1 heterocycles. The molecule has 1 amide bonds. The summed E-state index contributed by atoms with van der Waals surface area (Å²) in [6.45, 7) is 2.29. The summed E-state index contributed by atoms with van der Waals surface area (Å²) < 4.78 is 18.9. The van der Waals surface area contributed by atoms with Gasteiger partial charge in [-0.2, -0.15) is 0 Å². The van der Waals surface area contributed by atoms with Crippen LogP contribution in [0.25, 0.3) is 0 Å². The van der Waals surface area contributed by atoms with E-state index in [1.165, 1.54) is 12.1 Å². The summed E-state index contributed by atoms with van der Waals surface area (Å²) in [5.74, 6) is 0.199. The second kappa shape index (κ2) is 8.45. The number of carbonyl (C=O) groups excluding carboxylic acids is 1. The summed E-state index contributed by atoms with van der Waals surface area (Å²) in [5.41, 5.74) is 2.36. The Labute approximate surface area is 158 Å².